The molecule has 0 radical (unpaired) electrons. The lowest BCUT2D eigenvalue weighted by molar-refractivity contribution is 0.0179. The number of hydrogen-bond acceptors (Lipinski definition) is 5. The first kappa shape index (κ1) is 26.0. The Hall–Kier alpha value is -1.23. The summed E-state index contributed by atoms with van der Waals surface area (Å²) in [7, 11) is 0. The van der Waals surface area contributed by atoms with E-state index in [9.17, 15) is 0 Å². The second-order valence-electron chi connectivity index (χ2n) is 7.55. The molecular weight excluding hydrogens is 521 g/mol. The van der Waals surface area contributed by atoms with Crippen molar-refractivity contribution in [3.8, 4) is 0 Å². The molecule has 2 heterocycles. The Labute approximate surface area is 207 Å². The Morgan fingerprint density at radius 1 is 1.26 bits per heavy atom. The Balaban J connectivity index is 0.00000341. The van der Waals surface area contributed by atoms with E-state index >= 15 is 0 Å². The minimum Gasteiger partial charge on any atom is -0.379 e. The van der Waals surface area contributed by atoms with Gasteiger partial charge >= 0.3 is 0 Å². The minimum atomic E-state index is 0. The molecule has 172 valence electrons. The van der Waals surface area contributed by atoms with Crippen molar-refractivity contribution in [3.05, 3.63) is 51.5 Å². The van der Waals surface area contributed by atoms with Gasteiger partial charge in [0.2, 0.25) is 0 Å². The average Bonchev–Trinajstić information content (AvgIpc) is 3.23. The first-order chi connectivity index (χ1) is 14.7. The van der Waals surface area contributed by atoms with Gasteiger partial charge in [-0.3, -0.25) is 9.89 Å². The zero-order chi connectivity index (χ0) is 21.2. The van der Waals surface area contributed by atoms with Crippen LogP contribution in [0.1, 0.15) is 40.9 Å². The number of ether oxygens (including phenoxy) is 1. The number of guanidine groups is 1. The Morgan fingerprint density at radius 2 is 2.06 bits per heavy atom. The molecule has 8 heteroatoms. The number of hydrogen-bond donors (Lipinski definition) is 2. The van der Waals surface area contributed by atoms with Crippen molar-refractivity contribution in [1.29, 1.82) is 0 Å². The van der Waals surface area contributed by atoms with Crippen LogP contribution < -0.4 is 10.6 Å². The lowest BCUT2D eigenvalue weighted by Crippen LogP contribution is -2.42. The molecule has 2 aromatic rings. The van der Waals surface area contributed by atoms with E-state index in [1.54, 1.807) is 11.3 Å². The van der Waals surface area contributed by atoms with Crippen molar-refractivity contribution in [2.24, 2.45) is 4.99 Å². The largest absolute Gasteiger partial charge is 0.379 e. The summed E-state index contributed by atoms with van der Waals surface area (Å²) >= 11 is 1.80. The Kier molecular flexibility index (Phi) is 11.8. The van der Waals surface area contributed by atoms with Crippen molar-refractivity contribution in [3.63, 3.8) is 0 Å². The van der Waals surface area contributed by atoms with E-state index in [1.807, 2.05) is 6.20 Å². The van der Waals surface area contributed by atoms with Gasteiger partial charge in [-0.1, -0.05) is 36.8 Å². The molecule has 31 heavy (non-hydrogen) atoms. The smallest absolute Gasteiger partial charge is 0.191 e. The third-order valence-electron chi connectivity index (χ3n) is 5.26. The van der Waals surface area contributed by atoms with Crippen LogP contribution in [0.5, 0.6) is 0 Å². The van der Waals surface area contributed by atoms with Gasteiger partial charge in [-0.2, -0.15) is 0 Å². The van der Waals surface area contributed by atoms with Crippen LogP contribution in [0.25, 0.3) is 0 Å². The van der Waals surface area contributed by atoms with Gasteiger partial charge in [-0.25, -0.2) is 4.98 Å². The number of rotatable bonds is 9. The average molecular weight is 558 g/mol. The molecular formula is C23H36IN5OS. The molecule has 0 bridgehead atoms. The quantitative estimate of drug-likeness (QED) is 0.279. The highest BCUT2D eigenvalue weighted by Crippen LogP contribution is 2.23. The number of benzene rings is 1. The molecule has 1 aromatic carbocycles. The van der Waals surface area contributed by atoms with Crippen LogP contribution in [0.15, 0.2) is 35.5 Å². The molecule has 0 saturated carbocycles. The molecule has 1 unspecified atom stereocenters. The number of aromatic nitrogens is 1. The van der Waals surface area contributed by atoms with Crippen molar-refractivity contribution in [2.75, 3.05) is 45.9 Å². The standard InChI is InChI=1S/C23H35N5OS.HI/c1-4-20-16-26-22(30-20)9-10-25-23(24-5-2)27-17-21(28-11-13-29-14-12-28)19-8-6-7-18(3)15-19;/h6-8,15-16,21H,4-5,9-14,17H2,1-3H3,(H2,24,25,27);1H. The highest BCUT2D eigenvalue weighted by Gasteiger charge is 2.22. The minimum absolute atomic E-state index is 0. The molecule has 1 aliphatic heterocycles. The van der Waals surface area contributed by atoms with Gasteiger partial charge < -0.3 is 15.4 Å². The molecule has 0 amide bonds. The van der Waals surface area contributed by atoms with E-state index in [0.29, 0.717) is 0 Å². The van der Waals surface area contributed by atoms with Crippen LogP contribution in [0.4, 0.5) is 0 Å². The summed E-state index contributed by atoms with van der Waals surface area (Å²) in [6.07, 6.45) is 3.96. The maximum absolute atomic E-state index is 5.57. The molecule has 3 rings (SSSR count). The van der Waals surface area contributed by atoms with E-state index in [0.717, 1.165) is 64.7 Å². The molecule has 6 nitrogen and oxygen atoms in total. The van der Waals surface area contributed by atoms with Gasteiger partial charge in [0.15, 0.2) is 5.96 Å². The predicted molar refractivity (Wildman–Crippen MR) is 141 cm³/mol. The molecule has 0 aliphatic carbocycles. The fourth-order valence-corrected chi connectivity index (χ4v) is 4.49. The van der Waals surface area contributed by atoms with Crippen molar-refractivity contribution < 1.29 is 4.74 Å². The van der Waals surface area contributed by atoms with Gasteiger partial charge in [0.1, 0.15) is 0 Å². The summed E-state index contributed by atoms with van der Waals surface area (Å²) in [4.78, 5) is 13.3. The monoisotopic (exact) mass is 557 g/mol. The zero-order valence-corrected chi connectivity index (χ0v) is 22.0. The first-order valence-corrected chi connectivity index (χ1v) is 11.8. The van der Waals surface area contributed by atoms with Gasteiger partial charge in [0, 0.05) is 43.7 Å². The number of nitrogens with one attached hydrogen (secondary N) is 2. The van der Waals surface area contributed by atoms with E-state index in [1.165, 1.54) is 21.0 Å². The van der Waals surface area contributed by atoms with E-state index in [4.69, 9.17) is 9.73 Å². The molecule has 1 atom stereocenters. The predicted octanol–water partition coefficient (Wildman–Crippen LogP) is 3.80. The van der Waals surface area contributed by atoms with Crippen molar-refractivity contribution in [1.82, 2.24) is 20.5 Å². The molecule has 1 saturated heterocycles. The van der Waals surface area contributed by atoms with Crippen LogP contribution in [-0.4, -0.2) is 61.8 Å². The maximum atomic E-state index is 5.57. The summed E-state index contributed by atoms with van der Waals surface area (Å²) in [5.41, 5.74) is 2.61. The highest BCUT2D eigenvalue weighted by molar-refractivity contribution is 14.0. The number of nitrogens with zero attached hydrogens (tertiary/aromatic N) is 3. The first-order valence-electron chi connectivity index (χ1n) is 11.0. The number of thiazole rings is 1. The summed E-state index contributed by atoms with van der Waals surface area (Å²) in [6, 6.07) is 9.05. The van der Waals surface area contributed by atoms with Gasteiger partial charge in [-0.05, 0) is 25.8 Å². The number of aryl methyl sites for hydroxylation is 2. The van der Waals surface area contributed by atoms with E-state index in [2.05, 4.69) is 65.6 Å². The SMILES string of the molecule is CCNC(=NCC(c1cccc(C)c1)N1CCOCC1)NCCc1ncc(CC)s1.I. The van der Waals surface area contributed by atoms with Gasteiger partial charge in [-0.15, -0.1) is 35.3 Å². The lowest BCUT2D eigenvalue weighted by atomic mass is 10.0. The van der Waals surface area contributed by atoms with Crippen LogP contribution in [0.2, 0.25) is 0 Å². The third kappa shape index (κ3) is 8.32. The van der Waals surface area contributed by atoms with E-state index in [-0.39, 0.29) is 30.0 Å². The van der Waals surface area contributed by atoms with Gasteiger partial charge in [0.05, 0.1) is 30.8 Å². The Morgan fingerprint density at radius 3 is 2.74 bits per heavy atom. The van der Waals surface area contributed by atoms with Crippen molar-refractivity contribution in [2.45, 2.75) is 39.7 Å². The molecule has 1 aliphatic rings. The van der Waals surface area contributed by atoms with Gasteiger partial charge in [0.25, 0.3) is 0 Å². The summed E-state index contributed by atoms with van der Waals surface area (Å²) < 4.78 is 5.57. The van der Waals surface area contributed by atoms with E-state index < -0.39 is 0 Å². The third-order valence-corrected chi connectivity index (χ3v) is 6.46. The highest BCUT2D eigenvalue weighted by atomic mass is 127. The van der Waals surface area contributed by atoms with Crippen LogP contribution in [0.3, 0.4) is 0 Å². The summed E-state index contributed by atoms with van der Waals surface area (Å²) in [6.45, 7) is 12.3. The molecule has 1 fully saturated rings. The number of aliphatic imine (C=N–C) groups is 1. The molecule has 2 N–H and O–H groups in total. The van der Waals surface area contributed by atoms with Crippen LogP contribution in [-0.2, 0) is 17.6 Å². The zero-order valence-electron chi connectivity index (χ0n) is 18.9. The van der Waals surface area contributed by atoms with Crippen molar-refractivity contribution >= 4 is 41.3 Å². The fraction of sp³-hybridized carbons (Fsp3) is 0.565. The summed E-state index contributed by atoms with van der Waals surface area (Å²) in [5.74, 6) is 0.871. The normalized spacial score (nSPS) is 15.9. The number of halogens is 1. The number of morpholine rings is 1. The Bertz CT molecular complexity index is 807. The second kappa shape index (κ2) is 14.0. The summed E-state index contributed by atoms with van der Waals surface area (Å²) in [5, 5.41) is 8.05. The maximum Gasteiger partial charge on any atom is 0.191 e. The van der Waals surface area contributed by atoms with Crippen LogP contribution in [0, 0.1) is 6.92 Å². The fourth-order valence-electron chi connectivity index (χ4n) is 3.63. The van der Waals surface area contributed by atoms with Crippen LogP contribution >= 0.6 is 35.3 Å². The molecule has 0 spiro atoms. The lowest BCUT2D eigenvalue weighted by Gasteiger charge is -2.34. The molecule has 1 aromatic heterocycles. The topological polar surface area (TPSA) is 61.8 Å². The second-order valence-corrected chi connectivity index (χ2v) is 8.75.